The van der Waals surface area contributed by atoms with Gasteiger partial charge in [-0.15, -0.1) is 6.58 Å². The van der Waals surface area contributed by atoms with E-state index in [0.717, 1.165) is 5.56 Å². The molecular weight excluding hydrogens is 353 g/mol. The summed E-state index contributed by atoms with van der Waals surface area (Å²) in [4.78, 5) is 22.7. The second kappa shape index (κ2) is 8.10. The molecule has 0 radical (unpaired) electrons. The number of nitrogens with zero attached hydrogens (tertiary/aromatic N) is 1. The Morgan fingerprint density at radius 3 is 2.76 bits per heavy atom. The van der Waals surface area contributed by atoms with Crippen LogP contribution in [0.25, 0.3) is 10.9 Å². The normalized spacial score (nSPS) is 13.6. The quantitative estimate of drug-likeness (QED) is 0.463. The molecule has 0 spiro atoms. The third-order valence-electron chi connectivity index (χ3n) is 3.94. The molecule has 25 heavy (non-hydrogen) atoms. The maximum absolute atomic E-state index is 13.0. The summed E-state index contributed by atoms with van der Waals surface area (Å²) in [5, 5.41) is 0.536. The lowest BCUT2D eigenvalue weighted by atomic mass is 10.1. The van der Waals surface area contributed by atoms with Gasteiger partial charge in [0.1, 0.15) is 5.75 Å². The van der Waals surface area contributed by atoms with Crippen LogP contribution < -0.4 is 4.52 Å². The zero-order chi connectivity index (χ0) is 18.6. The number of rotatable bonds is 9. The van der Waals surface area contributed by atoms with Gasteiger partial charge in [0.2, 0.25) is 0 Å². The molecule has 0 amide bonds. The topological polar surface area (TPSA) is 85.8 Å². The average molecular weight is 374 g/mol. The number of fused-ring (bicyclic) bond motifs is 1. The Hall–Kier alpha value is -1.73. The van der Waals surface area contributed by atoms with Gasteiger partial charge in [0.05, 0.1) is 6.04 Å². The van der Waals surface area contributed by atoms with E-state index in [1.165, 1.54) is 13.0 Å². The summed E-state index contributed by atoms with van der Waals surface area (Å²) in [6.45, 7) is 5.70. The van der Waals surface area contributed by atoms with E-state index in [9.17, 15) is 13.3 Å². The van der Waals surface area contributed by atoms with Crippen LogP contribution in [-0.2, 0) is 11.0 Å². The monoisotopic (exact) mass is 374 g/mol. The Bertz CT molecular complexity index is 775. The molecule has 0 aliphatic heterocycles. The van der Waals surface area contributed by atoms with Crippen LogP contribution in [0, 0.1) is 0 Å². The van der Waals surface area contributed by atoms with E-state index in [1.807, 2.05) is 0 Å². The molecule has 1 unspecified atom stereocenters. The van der Waals surface area contributed by atoms with Crippen molar-refractivity contribution in [2.24, 2.45) is 0 Å². The first-order valence-corrected chi connectivity index (χ1v) is 9.23. The van der Waals surface area contributed by atoms with Crippen LogP contribution in [0.3, 0.4) is 0 Å². The molecule has 9 heteroatoms. The third-order valence-corrected chi connectivity index (χ3v) is 4.37. The van der Waals surface area contributed by atoms with Crippen molar-refractivity contribution in [2.45, 2.75) is 25.8 Å². The van der Waals surface area contributed by atoms with Gasteiger partial charge in [-0.25, -0.2) is 13.3 Å². The molecule has 1 aromatic carbocycles. The molecule has 1 atom stereocenters. The highest BCUT2D eigenvalue weighted by Crippen LogP contribution is 2.41. The lowest BCUT2D eigenvalue weighted by molar-refractivity contribution is 0.0408. The number of phosphoric acid groups is 1. The highest BCUT2D eigenvalue weighted by Gasteiger charge is 2.23. The fourth-order valence-electron chi connectivity index (χ4n) is 2.67. The van der Waals surface area contributed by atoms with E-state index in [0.29, 0.717) is 30.4 Å². The summed E-state index contributed by atoms with van der Waals surface area (Å²) in [6, 6.07) is 3.89. The number of benzene rings is 1. The van der Waals surface area contributed by atoms with Crippen molar-refractivity contribution in [1.82, 2.24) is 9.88 Å². The Balaban J connectivity index is 2.26. The van der Waals surface area contributed by atoms with Crippen LogP contribution in [0.2, 0.25) is 0 Å². The van der Waals surface area contributed by atoms with E-state index >= 15 is 0 Å². The molecule has 1 heterocycles. The van der Waals surface area contributed by atoms with Crippen molar-refractivity contribution in [3.8, 4) is 5.75 Å². The number of hydrogen-bond acceptors (Lipinski definition) is 3. The summed E-state index contributed by atoms with van der Waals surface area (Å²) >= 11 is 0. The first-order chi connectivity index (χ1) is 11.7. The molecule has 1 aromatic heterocycles. The minimum Gasteiger partial charge on any atom is -0.404 e. The van der Waals surface area contributed by atoms with E-state index in [4.69, 9.17) is 14.3 Å². The fourth-order valence-corrected chi connectivity index (χ4v) is 3.08. The zero-order valence-corrected chi connectivity index (χ0v) is 14.6. The summed E-state index contributed by atoms with van der Waals surface area (Å²) in [5.74, 6) is 0.0549. The van der Waals surface area contributed by atoms with Gasteiger partial charge in [0.15, 0.2) is 0 Å². The van der Waals surface area contributed by atoms with Crippen molar-refractivity contribution in [1.29, 1.82) is 0 Å². The molecule has 138 valence electrons. The number of halogens is 2. The number of hydrogen-bond donors (Lipinski definition) is 3. The maximum atomic E-state index is 13.0. The number of phosphoric ester groups is 1. The van der Waals surface area contributed by atoms with Crippen LogP contribution in [0.5, 0.6) is 5.75 Å². The van der Waals surface area contributed by atoms with Gasteiger partial charge in [-0.05, 0) is 31.0 Å². The van der Waals surface area contributed by atoms with Crippen LogP contribution in [-0.4, -0.2) is 45.2 Å². The highest BCUT2D eigenvalue weighted by atomic mass is 31.2. The summed E-state index contributed by atoms with van der Waals surface area (Å²) in [7, 11) is -4.70. The average Bonchev–Trinajstić information content (AvgIpc) is 2.93. The van der Waals surface area contributed by atoms with Crippen LogP contribution in [0.15, 0.2) is 37.1 Å². The summed E-state index contributed by atoms with van der Waals surface area (Å²) < 4.78 is 41.9. The van der Waals surface area contributed by atoms with Crippen LogP contribution >= 0.6 is 7.82 Å². The molecule has 0 bridgehead atoms. The smallest absolute Gasteiger partial charge is 0.404 e. The molecule has 2 rings (SSSR count). The Kier molecular flexibility index (Phi) is 6.35. The van der Waals surface area contributed by atoms with E-state index in [1.54, 1.807) is 29.3 Å². The lowest BCUT2D eigenvalue weighted by Crippen LogP contribution is -2.39. The largest absolute Gasteiger partial charge is 0.524 e. The fraction of sp³-hybridized carbons (Fsp3) is 0.375. The van der Waals surface area contributed by atoms with Gasteiger partial charge < -0.3 is 9.51 Å². The molecule has 0 saturated carbocycles. The van der Waals surface area contributed by atoms with Crippen molar-refractivity contribution >= 4 is 18.7 Å². The third kappa shape index (κ3) is 5.12. The minimum absolute atomic E-state index is 0.0549. The van der Waals surface area contributed by atoms with E-state index in [-0.39, 0.29) is 5.75 Å². The lowest BCUT2D eigenvalue weighted by Gasteiger charge is -2.27. The van der Waals surface area contributed by atoms with Gasteiger partial charge in [-0.1, -0.05) is 12.1 Å². The zero-order valence-electron chi connectivity index (χ0n) is 13.7. The van der Waals surface area contributed by atoms with Crippen molar-refractivity contribution in [2.75, 3.05) is 13.1 Å². The molecule has 0 aliphatic carbocycles. The number of alkyl halides is 2. The van der Waals surface area contributed by atoms with Crippen LogP contribution in [0.4, 0.5) is 8.78 Å². The maximum Gasteiger partial charge on any atom is 0.524 e. The SMILES string of the molecule is C=CCN(CCc1c[nH]c2cccc(OP(=O)(O)O)c12)C(C)C(F)F. The summed E-state index contributed by atoms with van der Waals surface area (Å²) in [6.07, 6.45) is 1.19. The molecule has 0 saturated heterocycles. The first-order valence-electron chi connectivity index (χ1n) is 7.70. The first kappa shape index (κ1) is 19.6. The van der Waals surface area contributed by atoms with Gasteiger partial charge in [0, 0.05) is 30.2 Å². The Labute approximate surface area is 144 Å². The van der Waals surface area contributed by atoms with Gasteiger partial charge >= 0.3 is 7.82 Å². The van der Waals surface area contributed by atoms with Gasteiger partial charge in [-0.3, -0.25) is 14.7 Å². The highest BCUT2D eigenvalue weighted by molar-refractivity contribution is 7.46. The molecule has 6 nitrogen and oxygen atoms in total. The number of nitrogens with one attached hydrogen (secondary N) is 1. The second-order valence-electron chi connectivity index (χ2n) is 5.68. The van der Waals surface area contributed by atoms with Crippen molar-refractivity contribution in [3.05, 3.63) is 42.6 Å². The number of H-pyrrole nitrogens is 1. The number of aromatic nitrogens is 1. The second-order valence-corrected chi connectivity index (χ2v) is 6.85. The molecule has 0 aliphatic rings. The molecule has 0 fully saturated rings. The van der Waals surface area contributed by atoms with Crippen molar-refractivity contribution < 1.29 is 27.7 Å². The van der Waals surface area contributed by atoms with E-state index < -0.39 is 20.3 Å². The Morgan fingerprint density at radius 2 is 2.16 bits per heavy atom. The molecule has 3 N–H and O–H groups in total. The number of aromatic amines is 1. The predicted molar refractivity (Wildman–Crippen MR) is 91.9 cm³/mol. The summed E-state index contributed by atoms with van der Waals surface area (Å²) in [5.41, 5.74) is 1.38. The minimum atomic E-state index is -4.70. The van der Waals surface area contributed by atoms with Gasteiger partial charge in [-0.2, -0.15) is 0 Å². The predicted octanol–water partition coefficient (Wildman–Crippen LogP) is 3.32. The van der Waals surface area contributed by atoms with Crippen molar-refractivity contribution in [3.63, 3.8) is 0 Å². The van der Waals surface area contributed by atoms with Gasteiger partial charge in [0.25, 0.3) is 6.43 Å². The van der Waals surface area contributed by atoms with E-state index in [2.05, 4.69) is 11.6 Å². The van der Waals surface area contributed by atoms with Crippen LogP contribution in [0.1, 0.15) is 12.5 Å². The Morgan fingerprint density at radius 1 is 1.44 bits per heavy atom. The standard InChI is InChI=1S/C16H21F2N2O4P/c1-3-8-20(11(2)16(17)18)9-7-12-10-19-13-5-4-6-14(15(12)13)24-25(21,22)23/h3-6,10-11,16,19H,1,7-9H2,2H3,(H2,21,22,23). The molecular formula is C16H21F2N2O4P. The molecule has 2 aromatic rings.